The Labute approximate surface area is 76.5 Å². The topological polar surface area (TPSA) is 52.6 Å². The average molecular weight is 184 g/mol. The fourth-order valence-electron chi connectivity index (χ4n) is 1.30. The van der Waals surface area contributed by atoms with E-state index in [0.717, 1.165) is 0 Å². The normalized spacial score (nSPS) is 22.2. The van der Waals surface area contributed by atoms with Gasteiger partial charge in [0.25, 0.3) is 0 Å². The summed E-state index contributed by atoms with van der Waals surface area (Å²) >= 11 is 0. The zero-order valence-corrected chi connectivity index (χ0v) is 7.70. The van der Waals surface area contributed by atoms with Crippen molar-refractivity contribution in [1.29, 1.82) is 0 Å². The molecular formula is C9H12O4. The van der Waals surface area contributed by atoms with Crippen molar-refractivity contribution >= 4 is 11.8 Å². The number of hydrogen-bond donors (Lipinski definition) is 0. The predicted molar refractivity (Wildman–Crippen MR) is 44.8 cm³/mol. The first-order valence-corrected chi connectivity index (χ1v) is 4.05. The van der Waals surface area contributed by atoms with Crippen molar-refractivity contribution in [3.63, 3.8) is 0 Å². The third-order valence-electron chi connectivity index (χ3n) is 2.07. The Morgan fingerprint density at radius 1 is 1.54 bits per heavy atom. The quantitative estimate of drug-likeness (QED) is 0.467. The molecule has 4 heteroatoms. The highest BCUT2D eigenvalue weighted by Crippen LogP contribution is 2.21. The number of ether oxygens (including phenoxy) is 2. The molecule has 0 fully saturated rings. The second-order valence-electron chi connectivity index (χ2n) is 2.83. The average Bonchev–Trinajstić information content (AvgIpc) is 2.16. The van der Waals surface area contributed by atoms with E-state index in [1.54, 1.807) is 0 Å². The van der Waals surface area contributed by atoms with Crippen LogP contribution in [0.15, 0.2) is 11.8 Å². The Bertz CT molecular complexity index is 254. The zero-order chi connectivity index (χ0) is 9.84. The summed E-state index contributed by atoms with van der Waals surface area (Å²) in [6.45, 7) is 0. The fraction of sp³-hybridized carbons (Fsp3) is 0.556. The van der Waals surface area contributed by atoms with E-state index in [9.17, 15) is 9.59 Å². The molecule has 1 atom stereocenters. The SMILES string of the molecule is COC(=O)C1CCC(OC)=CC1=O. The number of methoxy groups -OCH3 is 2. The number of rotatable bonds is 2. The van der Waals surface area contributed by atoms with Gasteiger partial charge in [0.05, 0.1) is 20.0 Å². The molecule has 0 heterocycles. The molecule has 1 rings (SSSR count). The maximum absolute atomic E-state index is 11.3. The van der Waals surface area contributed by atoms with Gasteiger partial charge in [-0.05, 0) is 6.42 Å². The van der Waals surface area contributed by atoms with E-state index in [0.29, 0.717) is 18.6 Å². The molecule has 0 N–H and O–H groups in total. The number of esters is 1. The van der Waals surface area contributed by atoms with Gasteiger partial charge in [-0.3, -0.25) is 9.59 Å². The molecule has 0 bridgehead atoms. The third-order valence-corrected chi connectivity index (χ3v) is 2.07. The van der Waals surface area contributed by atoms with Gasteiger partial charge < -0.3 is 9.47 Å². The highest BCUT2D eigenvalue weighted by atomic mass is 16.5. The van der Waals surface area contributed by atoms with Crippen LogP contribution in [0.3, 0.4) is 0 Å². The highest BCUT2D eigenvalue weighted by Gasteiger charge is 2.29. The minimum absolute atomic E-state index is 0.227. The molecule has 0 saturated carbocycles. The maximum Gasteiger partial charge on any atom is 0.316 e. The predicted octanol–water partition coefficient (Wildman–Crippen LogP) is 0.669. The maximum atomic E-state index is 11.3. The number of ketones is 1. The Hall–Kier alpha value is -1.32. The van der Waals surface area contributed by atoms with Crippen LogP contribution in [0.2, 0.25) is 0 Å². The highest BCUT2D eigenvalue weighted by molar-refractivity contribution is 6.05. The van der Waals surface area contributed by atoms with E-state index < -0.39 is 11.9 Å². The van der Waals surface area contributed by atoms with Crippen molar-refractivity contribution in [2.75, 3.05) is 14.2 Å². The van der Waals surface area contributed by atoms with Crippen LogP contribution in [-0.2, 0) is 19.1 Å². The monoisotopic (exact) mass is 184 g/mol. The Morgan fingerprint density at radius 2 is 2.23 bits per heavy atom. The molecule has 1 unspecified atom stereocenters. The Kier molecular flexibility index (Phi) is 3.06. The Morgan fingerprint density at radius 3 is 2.69 bits per heavy atom. The molecule has 0 aliphatic heterocycles. The van der Waals surface area contributed by atoms with Crippen molar-refractivity contribution < 1.29 is 19.1 Å². The second-order valence-corrected chi connectivity index (χ2v) is 2.83. The van der Waals surface area contributed by atoms with E-state index in [2.05, 4.69) is 4.74 Å². The summed E-state index contributed by atoms with van der Waals surface area (Å²) in [5.41, 5.74) is 0. The number of carbonyl (C=O) groups is 2. The lowest BCUT2D eigenvalue weighted by molar-refractivity contribution is -0.148. The molecule has 0 aromatic heterocycles. The molecule has 0 aromatic carbocycles. The van der Waals surface area contributed by atoms with Gasteiger partial charge >= 0.3 is 5.97 Å². The second kappa shape index (κ2) is 4.07. The van der Waals surface area contributed by atoms with Crippen LogP contribution >= 0.6 is 0 Å². The van der Waals surface area contributed by atoms with Crippen molar-refractivity contribution in [3.8, 4) is 0 Å². The lowest BCUT2D eigenvalue weighted by Crippen LogP contribution is -2.27. The van der Waals surface area contributed by atoms with E-state index in [4.69, 9.17) is 4.74 Å². The van der Waals surface area contributed by atoms with Gasteiger partial charge in [-0.25, -0.2) is 0 Å². The molecule has 0 radical (unpaired) electrons. The van der Waals surface area contributed by atoms with Crippen molar-refractivity contribution in [2.45, 2.75) is 12.8 Å². The minimum atomic E-state index is -0.635. The van der Waals surface area contributed by atoms with Crippen molar-refractivity contribution in [2.24, 2.45) is 5.92 Å². The van der Waals surface area contributed by atoms with Crippen LogP contribution < -0.4 is 0 Å². The lowest BCUT2D eigenvalue weighted by Gasteiger charge is -2.17. The number of allylic oxidation sites excluding steroid dienone is 2. The molecule has 72 valence electrons. The van der Waals surface area contributed by atoms with Crippen LogP contribution in [0, 0.1) is 5.92 Å². The summed E-state index contributed by atoms with van der Waals surface area (Å²) in [5, 5.41) is 0. The molecular weight excluding hydrogens is 172 g/mol. The first kappa shape index (κ1) is 9.77. The van der Waals surface area contributed by atoms with E-state index in [1.165, 1.54) is 20.3 Å². The van der Waals surface area contributed by atoms with E-state index >= 15 is 0 Å². The lowest BCUT2D eigenvalue weighted by atomic mass is 9.92. The summed E-state index contributed by atoms with van der Waals surface area (Å²) < 4.78 is 9.41. The smallest absolute Gasteiger partial charge is 0.316 e. The van der Waals surface area contributed by atoms with E-state index in [1.807, 2.05) is 0 Å². The van der Waals surface area contributed by atoms with Gasteiger partial charge in [-0.1, -0.05) is 0 Å². The van der Waals surface area contributed by atoms with Crippen molar-refractivity contribution in [3.05, 3.63) is 11.8 Å². The molecule has 0 spiro atoms. The molecule has 13 heavy (non-hydrogen) atoms. The summed E-state index contributed by atoms with van der Waals surface area (Å²) in [7, 11) is 2.79. The van der Waals surface area contributed by atoms with Crippen LogP contribution in [0.4, 0.5) is 0 Å². The summed E-state index contributed by atoms with van der Waals surface area (Å²) in [6, 6.07) is 0. The number of hydrogen-bond acceptors (Lipinski definition) is 4. The molecule has 1 aliphatic rings. The molecule has 0 amide bonds. The first-order chi connectivity index (χ1) is 6.19. The van der Waals surface area contributed by atoms with Gasteiger partial charge in [0, 0.05) is 12.5 Å². The van der Waals surface area contributed by atoms with Gasteiger partial charge in [0.2, 0.25) is 0 Å². The molecule has 0 aromatic rings. The first-order valence-electron chi connectivity index (χ1n) is 4.05. The fourth-order valence-corrected chi connectivity index (χ4v) is 1.30. The Balaban J connectivity index is 2.70. The van der Waals surface area contributed by atoms with Gasteiger partial charge in [-0.2, -0.15) is 0 Å². The van der Waals surface area contributed by atoms with E-state index in [-0.39, 0.29) is 5.78 Å². The third kappa shape index (κ3) is 2.08. The number of carbonyl (C=O) groups excluding carboxylic acids is 2. The zero-order valence-electron chi connectivity index (χ0n) is 7.70. The minimum Gasteiger partial charge on any atom is -0.501 e. The van der Waals surface area contributed by atoms with Gasteiger partial charge in [0.15, 0.2) is 5.78 Å². The summed E-state index contributed by atoms with van der Waals surface area (Å²) in [4.78, 5) is 22.4. The molecule has 1 aliphatic carbocycles. The van der Waals surface area contributed by atoms with Crippen LogP contribution in [-0.4, -0.2) is 26.0 Å². The van der Waals surface area contributed by atoms with Crippen LogP contribution in [0.1, 0.15) is 12.8 Å². The van der Waals surface area contributed by atoms with Crippen LogP contribution in [0.5, 0.6) is 0 Å². The van der Waals surface area contributed by atoms with Gasteiger partial charge in [-0.15, -0.1) is 0 Å². The summed E-state index contributed by atoms with van der Waals surface area (Å²) in [5.74, 6) is -0.694. The van der Waals surface area contributed by atoms with Crippen molar-refractivity contribution in [1.82, 2.24) is 0 Å². The summed E-state index contributed by atoms with van der Waals surface area (Å²) in [6.07, 6.45) is 2.46. The van der Waals surface area contributed by atoms with Crippen LogP contribution in [0.25, 0.3) is 0 Å². The largest absolute Gasteiger partial charge is 0.501 e. The molecule has 0 saturated heterocycles. The van der Waals surface area contributed by atoms with Gasteiger partial charge in [0.1, 0.15) is 5.92 Å². The standard InChI is InChI=1S/C9H12O4/c1-12-6-3-4-7(8(10)5-6)9(11)13-2/h5,7H,3-4H2,1-2H3. The molecule has 4 nitrogen and oxygen atoms in total.